The standard InChI is InChI=1S/C29H38N4S2/c1-8-33(9-2)25-18-19-26(27(20-25)30-29(34)35-7)28(21-10-14-23(15-11-21)31(3)4)22-12-16-24(17-13-22)32(5)6/h10-20,28H,8-9H2,1-7H3,(H,30,34). The number of hydrogen-bond donors (Lipinski definition) is 1. The van der Waals surface area contributed by atoms with Crippen LogP contribution in [0.5, 0.6) is 0 Å². The van der Waals surface area contributed by atoms with Gasteiger partial charge in [-0.15, -0.1) is 11.8 Å². The highest BCUT2D eigenvalue weighted by molar-refractivity contribution is 8.22. The molecule has 1 N–H and O–H groups in total. The molecule has 0 atom stereocenters. The molecule has 0 spiro atoms. The fourth-order valence-electron chi connectivity index (χ4n) is 4.33. The molecule has 0 saturated carbocycles. The summed E-state index contributed by atoms with van der Waals surface area (Å²) in [5, 5.41) is 3.53. The topological polar surface area (TPSA) is 21.8 Å². The molecule has 6 heteroatoms. The zero-order valence-corrected chi connectivity index (χ0v) is 23.6. The molecule has 0 aliphatic heterocycles. The van der Waals surface area contributed by atoms with Gasteiger partial charge in [-0.3, -0.25) is 0 Å². The molecule has 35 heavy (non-hydrogen) atoms. The monoisotopic (exact) mass is 506 g/mol. The maximum Gasteiger partial charge on any atom is 0.137 e. The fourth-order valence-corrected chi connectivity index (χ4v) is 4.65. The lowest BCUT2D eigenvalue weighted by molar-refractivity contribution is 0.865. The van der Waals surface area contributed by atoms with Gasteiger partial charge in [0.15, 0.2) is 0 Å². The molecule has 3 aromatic rings. The van der Waals surface area contributed by atoms with Crippen LogP contribution >= 0.6 is 24.0 Å². The third-order valence-corrected chi connectivity index (χ3v) is 7.46. The van der Waals surface area contributed by atoms with Crippen molar-refractivity contribution < 1.29 is 0 Å². The van der Waals surface area contributed by atoms with Gasteiger partial charge in [0, 0.05) is 69.9 Å². The van der Waals surface area contributed by atoms with Gasteiger partial charge in [0.05, 0.1) is 0 Å². The first kappa shape index (κ1) is 26.9. The predicted octanol–water partition coefficient (Wildman–Crippen LogP) is 6.90. The molecule has 186 valence electrons. The minimum absolute atomic E-state index is 0.0698. The Morgan fingerprint density at radius 3 is 1.63 bits per heavy atom. The van der Waals surface area contributed by atoms with Crippen molar-refractivity contribution in [2.45, 2.75) is 19.8 Å². The normalized spacial score (nSPS) is 10.9. The van der Waals surface area contributed by atoms with Crippen LogP contribution in [0.3, 0.4) is 0 Å². The maximum atomic E-state index is 5.60. The van der Waals surface area contributed by atoms with Gasteiger partial charge in [0.2, 0.25) is 0 Å². The van der Waals surface area contributed by atoms with E-state index in [0.717, 1.165) is 23.1 Å². The second-order valence-corrected chi connectivity index (χ2v) is 10.4. The quantitative estimate of drug-likeness (QED) is 0.250. The van der Waals surface area contributed by atoms with Gasteiger partial charge in [0.25, 0.3) is 0 Å². The number of thiocarbonyl (C=S) groups is 1. The van der Waals surface area contributed by atoms with Crippen LogP contribution in [-0.2, 0) is 0 Å². The summed E-state index contributed by atoms with van der Waals surface area (Å²) < 4.78 is 0.771. The van der Waals surface area contributed by atoms with Crippen molar-refractivity contribution in [3.05, 3.63) is 83.4 Å². The van der Waals surface area contributed by atoms with Gasteiger partial charge in [-0.1, -0.05) is 42.5 Å². The molecule has 0 heterocycles. The van der Waals surface area contributed by atoms with E-state index in [2.05, 4.69) is 129 Å². The van der Waals surface area contributed by atoms with Gasteiger partial charge < -0.3 is 20.0 Å². The SMILES string of the molecule is CCN(CC)c1ccc(C(c2ccc(N(C)C)cc2)c2ccc(N(C)C)cc2)c(NC(=S)SC)c1. The van der Waals surface area contributed by atoms with E-state index < -0.39 is 0 Å². The van der Waals surface area contributed by atoms with Crippen molar-refractivity contribution in [1.82, 2.24) is 0 Å². The van der Waals surface area contributed by atoms with Crippen LogP contribution in [-0.4, -0.2) is 51.9 Å². The summed E-state index contributed by atoms with van der Waals surface area (Å²) >= 11 is 7.16. The zero-order valence-electron chi connectivity index (χ0n) is 22.0. The summed E-state index contributed by atoms with van der Waals surface area (Å²) in [6.45, 7) is 6.31. The van der Waals surface area contributed by atoms with Crippen LogP contribution < -0.4 is 20.0 Å². The highest BCUT2D eigenvalue weighted by atomic mass is 32.2. The van der Waals surface area contributed by atoms with Crippen LogP contribution in [0.4, 0.5) is 22.7 Å². The summed E-state index contributed by atoms with van der Waals surface area (Å²) in [4.78, 5) is 6.63. The molecule has 0 aromatic heterocycles. The van der Waals surface area contributed by atoms with Crippen LogP contribution in [0.15, 0.2) is 66.7 Å². The summed E-state index contributed by atoms with van der Waals surface area (Å²) in [5.74, 6) is 0.0698. The van der Waals surface area contributed by atoms with E-state index in [4.69, 9.17) is 12.2 Å². The van der Waals surface area contributed by atoms with Gasteiger partial charge in [-0.2, -0.15) is 0 Å². The average Bonchev–Trinajstić information content (AvgIpc) is 2.86. The summed E-state index contributed by atoms with van der Waals surface area (Å²) in [6, 6.07) is 24.5. The Hall–Kier alpha value is -2.70. The molecule has 0 saturated heterocycles. The largest absolute Gasteiger partial charge is 0.378 e. The number of thioether (sulfide) groups is 1. The third-order valence-electron chi connectivity index (χ3n) is 6.38. The first-order chi connectivity index (χ1) is 16.8. The second kappa shape index (κ2) is 12.3. The molecule has 0 amide bonds. The third kappa shape index (κ3) is 6.50. The lowest BCUT2D eigenvalue weighted by Gasteiger charge is -2.27. The Kier molecular flexibility index (Phi) is 9.47. The van der Waals surface area contributed by atoms with Crippen LogP contribution in [0.2, 0.25) is 0 Å². The van der Waals surface area contributed by atoms with Crippen molar-refractivity contribution in [3.8, 4) is 0 Å². The molecule has 0 aliphatic carbocycles. The highest BCUT2D eigenvalue weighted by Gasteiger charge is 2.22. The fraction of sp³-hybridized carbons (Fsp3) is 0.345. The van der Waals surface area contributed by atoms with E-state index in [0.29, 0.717) is 0 Å². The van der Waals surface area contributed by atoms with E-state index in [1.165, 1.54) is 33.8 Å². The number of hydrogen-bond acceptors (Lipinski definition) is 5. The smallest absolute Gasteiger partial charge is 0.137 e. The van der Waals surface area contributed by atoms with Crippen LogP contribution in [0.1, 0.15) is 36.5 Å². The van der Waals surface area contributed by atoms with Crippen LogP contribution in [0, 0.1) is 0 Å². The predicted molar refractivity (Wildman–Crippen MR) is 162 cm³/mol. The van der Waals surface area contributed by atoms with E-state index in [1.54, 1.807) is 11.8 Å². The molecule has 3 aromatic carbocycles. The first-order valence-electron chi connectivity index (χ1n) is 12.1. The van der Waals surface area contributed by atoms with E-state index in [-0.39, 0.29) is 5.92 Å². The lowest BCUT2D eigenvalue weighted by Crippen LogP contribution is -2.22. The van der Waals surface area contributed by atoms with Gasteiger partial charge in [-0.05, 0) is 73.2 Å². The first-order valence-corrected chi connectivity index (χ1v) is 13.7. The number of anilines is 4. The Labute approximate surface area is 221 Å². The van der Waals surface area contributed by atoms with Crippen molar-refractivity contribution in [1.29, 1.82) is 0 Å². The average molecular weight is 507 g/mol. The highest BCUT2D eigenvalue weighted by Crippen LogP contribution is 2.39. The second-order valence-electron chi connectivity index (χ2n) is 8.97. The summed E-state index contributed by atoms with van der Waals surface area (Å²) in [7, 11) is 8.29. The summed E-state index contributed by atoms with van der Waals surface area (Å²) in [6.07, 6.45) is 2.01. The van der Waals surface area contributed by atoms with Crippen molar-refractivity contribution in [2.75, 3.05) is 67.6 Å². The van der Waals surface area contributed by atoms with E-state index >= 15 is 0 Å². The zero-order chi connectivity index (χ0) is 25.5. The minimum Gasteiger partial charge on any atom is -0.378 e. The molecule has 0 radical (unpaired) electrons. The number of nitrogens with zero attached hydrogens (tertiary/aromatic N) is 3. The van der Waals surface area contributed by atoms with Crippen molar-refractivity contribution in [2.24, 2.45) is 0 Å². The molecular weight excluding hydrogens is 468 g/mol. The molecule has 0 unspecified atom stereocenters. The van der Waals surface area contributed by atoms with E-state index in [1.807, 2.05) is 6.26 Å². The Morgan fingerprint density at radius 2 is 1.23 bits per heavy atom. The summed E-state index contributed by atoms with van der Waals surface area (Å²) in [5.41, 5.74) is 8.36. The molecule has 0 fully saturated rings. The van der Waals surface area contributed by atoms with E-state index in [9.17, 15) is 0 Å². The minimum atomic E-state index is 0.0698. The number of rotatable bonds is 9. The number of nitrogens with one attached hydrogen (secondary N) is 1. The Balaban J connectivity index is 2.19. The molecule has 0 bridgehead atoms. The lowest BCUT2D eigenvalue weighted by atomic mass is 9.84. The van der Waals surface area contributed by atoms with Gasteiger partial charge >= 0.3 is 0 Å². The molecular formula is C29H38N4S2. The Morgan fingerprint density at radius 1 is 0.771 bits per heavy atom. The van der Waals surface area contributed by atoms with Gasteiger partial charge in [0.1, 0.15) is 4.32 Å². The molecule has 0 aliphatic rings. The van der Waals surface area contributed by atoms with Gasteiger partial charge in [-0.25, -0.2) is 0 Å². The Bertz CT molecular complexity index is 1050. The molecule has 4 nitrogen and oxygen atoms in total. The number of benzene rings is 3. The molecule has 3 rings (SSSR count). The van der Waals surface area contributed by atoms with Crippen molar-refractivity contribution in [3.63, 3.8) is 0 Å². The van der Waals surface area contributed by atoms with Crippen molar-refractivity contribution >= 4 is 51.0 Å². The maximum absolute atomic E-state index is 5.60. The van der Waals surface area contributed by atoms with Crippen LogP contribution in [0.25, 0.3) is 0 Å².